The maximum atomic E-state index is 7.74. The van der Waals surface area contributed by atoms with Gasteiger partial charge >= 0.3 is 67.1 Å². The van der Waals surface area contributed by atoms with Gasteiger partial charge in [-0.05, 0) is 0 Å². The van der Waals surface area contributed by atoms with Crippen LogP contribution in [0.3, 0.4) is 0 Å². The molecule has 3 N–H and O–H groups in total. The maximum Gasteiger partial charge on any atom is 1.00 e. The molecule has 0 spiro atoms. The van der Waals surface area contributed by atoms with Crippen LogP contribution in [0.15, 0.2) is 0 Å². The predicted octanol–water partition coefficient (Wildman–Crippen LogP) is -6.41. The van der Waals surface area contributed by atoms with E-state index in [1.807, 2.05) is 0 Å². The zero-order valence-electron chi connectivity index (χ0n) is 6.79. The molecule has 0 radical (unpaired) electrons. The summed E-state index contributed by atoms with van der Waals surface area (Å²) >= 11 is 0. The van der Waals surface area contributed by atoms with Gasteiger partial charge in [-0.1, -0.05) is 0 Å². The van der Waals surface area contributed by atoms with Crippen LogP contribution in [0, 0.1) is 0 Å². The van der Waals surface area contributed by atoms with E-state index in [1.54, 1.807) is 0 Å². The van der Waals surface area contributed by atoms with E-state index in [9.17, 15) is 0 Å². The molecule has 0 saturated heterocycles. The van der Waals surface area contributed by atoms with Crippen LogP contribution in [0.25, 0.3) is 0 Å². The van der Waals surface area contributed by atoms with Crippen LogP contribution in [0.2, 0.25) is 0 Å². The summed E-state index contributed by atoms with van der Waals surface area (Å²) in [7, 11) is -3.39. The van der Waals surface area contributed by atoms with Crippen molar-refractivity contribution in [3.05, 3.63) is 0 Å². The summed E-state index contributed by atoms with van der Waals surface area (Å²) in [5.74, 6) is 0. The molecule has 0 saturated carbocycles. The third-order valence-corrected chi connectivity index (χ3v) is 0. The Morgan fingerprint density at radius 3 is 1.14 bits per heavy atom. The fraction of sp³-hybridized carbons (Fsp3) is 1.00. The monoisotopic (exact) mass is 145 g/mol. The Hall–Kier alpha value is 2.31. The molecular formula is CH8Na2O3P+. The Bertz CT molecular complexity index is 35.3. The van der Waals surface area contributed by atoms with Crippen molar-refractivity contribution >= 4 is 7.94 Å². The van der Waals surface area contributed by atoms with Gasteiger partial charge in [-0.3, -0.25) is 0 Å². The van der Waals surface area contributed by atoms with Crippen molar-refractivity contribution < 1.29 is 76.6 Å². The molecule has 7 heavy (non-hydrogen) atoms. The molecule has 36 valence electrons. The molecule has 0 aromatic carbocycles. The van der Waals surface area contributed by atoms with E-state index in [4.69, 9.17) is 14.7 Å². The first kappa shape index (κ1) is 16.1. The van der Waals surface area contributed by atoms with Crippen LogP contribution in [-0.2, 0) is 0 Å². The van der Waals surface area contributed by atoms with Gasteiger partial charge < -0.3 is 2.85 Å². The van der Waals surface area contributed by atoms with Gasteiger partial charge in [0, 0.05) is 0 Å². The van der Waals surface area contributed by atoms with Gasteiger partial charge in [-0.15, -0.1) is 0 Å². The zero-order valence-corrected chi connectivity index (χ0v) is 9.68. The van der Waals surface area contributed by atoms with E-state index in [0.29, 0.717) is 0 Å². The minimum absolute atomic E-state index is 0. The zero-order chi connectivity index (χ0) is 4.50. The molecule has 6 heteroatoms. The molecule has 0 aromatic heterocycles. The average Bonchev–Trinajstić information content (AvgIpc) is 0.722. The van der Waals surface area contributed by atoms with Crippen LogP contribution in [-0.4, -0.2) is 21.3 Å². The summed E-state index contributed by atoms with van der Waals surface area (Å²) in [6, 6.07) is 0. The molecule has 0 fully saturated rings. The molecular weight excluding hydrogens is 137 g/mol. The van der Waals surface area contributed by atoms with E-state index >= 15 is 0 Å². The first-order chi connectivity index (χ1) is 2.00. The van der Waals surface area contributed by atoms with Crippen molar-refractivity contribution in [1.82, 2.24) is 0 Å². The second-order valence-electron chi connectivity index (χ2n) is 0.868. The standard InChI is InChI=1S/CH6O3P.2Na.2H/c1-5(2,3)4;;;;/h2-4H,1H3;;;;/q3*+1;2*-1. The second-order valence-corrected chi connectivity index (χ2v) is 2.60. The van der Waals surface area contributed by atoms with Gasteiger partial charge in [-0.2, -0.15) is 14.7 Å². The van der Waals surface area contributed by atoms with E-state index in [-0.39, 0.29) is 62.0 Å². The van der Waals surface area contributed by atoms with Crippen LogP contribution in [0.5, 0.6) is 0 Å². The summed E-state index contributed by atoms with van der Waals surface area (Å²) in [6.45, 7) is 0.965. The van der Waals surface area contributed by atoms with Crippen molar-refractivity contribution in [2.75, 3.05) is 6.66 Å². The number of hydrogen-bond donors (Lipinski definition) is 3. The molecule has 0 bridgehead atoms. The Labute approximate surface area is 90.3 Å². The molecule has 0 aliphatic carbocycles. The first-order valence-electron chi connectivity index (χ1n) is 1.05. The smallest absolute Gasteiger partial charge is 1.00 e. The minimum Gasteiger partial charge on any atom is -1.00 e. The molecule has 3 nitrogen and oxygen atoms in total. The third-order valence-electron chi connectivity index (χ3n) is 0. The second kappa shape index (κ2) is 6.43. The van der Waals surface area contributed by atoms with Crippen LogP contribution < -0.4 is 59.1 Å². The number of hydrogen-bond acceptors (Lipinski definition) is 3. The van der Waals surface area contributed by atoms with Gasteiger partial charge in [0.05, 0.1) is 0 Å². The van der Waals surface area contributed by atoms with Crippen molar-refractivity contribution in [3.8, 4) is 0 Å². The van der Waals surface area contributed by atoms with Crippen molar-refractivity contribution in [1.29, 1.82) is 0 Å². The molecule has 0 amide bonds. The summed E-state index contributed by atoms with van der Waals surface area (Å²) in [5.41, 5.74) is 0. The van der Waals surface area contributed by atoms with Crippen molar-refractivity contribution in [2.45, 2.75) is 0 Å². The van der Waals surface area contributed by atoms with Gasteiger partial charge in [0.2, 0.25) is 0 Å². The Morgan fingerprint density at radius 1 is 1.14 bits per heavy atom. The fourth-order valence-electron chi connectivity index (χ4n) is 0. The normalized spacial score (nSPS) is 8.57. The van der Waals surface area contributed by atoms with Crippen LogP contribution >= 0.6 is 7.94 Å². The van der Waals surface area contributed by atoms with Crippen LogP contribution in [0.4, 0.5) is 0 Å². The summed E-state index contributed by atoms with van der Waals surface area (Å²) in [4.78, 5) is 23.2. The Morgan fingerprint density at radius 2 is 1.14 bits per heavy atom. The van der Waals surface area contributed by atoms with Crippen LogP contribution in [0.1, 0.15) is 2.85 Å². The van der Waals surface area contributed by atoms with E-state index in [0.717, 1.165) is 6.66 Å². The molecule has 0 heterocycles. The SMILES string of the molecule is C[P+](O)(O)O.[H-].[H-].[Na+].[Na+]. The molecule has 0 unspecified atom stereocenters. The fourth-order valence-corrected chi connectivity index (χ4v) is 0. The van der Waals surface area contributed by atoms with Crippen molar-refractivity contribution in [3.63, 3.8) is 0 Å². The van der Waals surface area contributed by atoms with E-state index in [2.05, 4.69) is 0 Å². The Balaban J connectivity index is -0.0000000133. The topological polar surface area (TPSA) is 60.7 Å². The summed E-state index contributed by atoms with van der Waals surface area (Å²) < 4.78 is 0. The molecule has 0 rings (SSSR count). The number of rotatable bonds is 0. The molecule has 0 aromatic rings. The molecule has 0 aliphatic heterocycles. The first-order valence-corrected chi connectivity index (χ1v) is 3.14. The Kier molecular flexibility index (Phi) is 14.8. The molecule has 0 aliphatic rings. The van der Waals surface area contributed by atoms with Gasteiger partial charge in [0.15, 0.2) is 0 Å². The quantitative estimate of drug-likeness (QED) is 0.234. The van der Waals surface area contributed by atoms with E-state index < -0.39 is 7.94 Å². The molecule has 0 atom stereocenters. The third kappa shape index (κ3) is 62.0. The van der Waals surface area contributed by atoms with Gasteiger partial charge in [-0.25, -0.2) is 0 Å². The largest absolute Gasteiger partial charge is 1.00 e. The predicted molar refractivity (Wildman–Crippen MR) is 21.7 cm³/mol. The minimum atomic E-state index is -3.39. The van der Waals surface area contributed by atoms with Crippen molar-refractivity contribution in [2.24, 2.45) is 0 Å². The van der Waals surface area contributed by atoms with E-state index in [1.165, 1.54) is 0 Å². The summed E-state index contributed by atoms with van der Waals surface area (Å²) in [6.07, 6.45) is 0. The van der Waals surface area contributed by atoms with Gasteiger partial charge in [0.25, 0.3) is 0 Å². The average molecular weight is 145 g/mol. The van der Waals surface area contributed by atoms with Gasteiger partial charge in [0.1, 0.15) is 6.66 Å². The maximum absolute atomic E-state index is 7.74. The summed E-state index contributed by atoms with van der Waals surface area (Å²) in [5, 5.41) is 0.